The van der Waals surface area contributed by atoms with Crippen molar-refractivity contribution in [1.29, 1.82) is 0 Å². The van der Waals surface area contributed by atoms with Gasteiger partial charge < -0.3 is 10.1 Å². The summed E-state index contributed by atoms with van der Waals surface area (Å²) >= 11 is 0. The molecule has 114 valence electrons. The Bertz CT molecular complexity index is 412. The highest BCUT2D eigenvalue weighted by atomic mass is 19.1. The lowest BCUT2D eigenvalue weighted by atomic mass is 9.93. The quantitative estimate of drug-likeness (QED) is 0.782. The number of halogens is 1. The SMILES string of the molecule is CCCNC(C)c1c(F)cccc1OCCC(C)(C)C. The number of ether oxygens (including phenoxy) is 1. The van der Waals surface area contributed by atoms with E-state index in [9.17, 15) is 4.39 Å². The second-order valence-electron chi connectivity index (χ2n) is 6.49. The number of nitrogens with one attached hydrogen (secondary N) is 1. The average Bonchev–Trinajstić information content (AvgIpc) is 2.34. The van der Waals surface area contributed by atoms with Crippen molar-refractivity contribution in [2.75, 3.05) is 13.2 Å². The molecule has 1 N–H and O–H groups in total. The van der Waals surface area contributed by atoms with Crippen molar-refractivity contribution < 1.29 is 9.13 Å². The average molecular weight is 281 g/mol. The van der Waals surface area contributed by atoms with Crippen LogP contribution in [0.15, 0.2) is 18.2 Å². The van der Waals surface area contributed by atoms with Gasteiger partial charge in [0.15, 0.2) is 0 Å². The second-order valence-corrected chi connectivity index (χ2v) is 6.49. The fourth-order valence-electron chi connectivity index (χ4n) is 1.99. The number of rotatable bonds is 7. The van der Waals surface area contributed by atoms with Crippen molar-refractivity contribution in [3.05, 3.63) is 29.6 Å². The summed E-state index contributed by atoms with van der Waals surface area (Å²) in [5.41, 5.74) is 0.856. The van der Waals surface area contributed by atoms with Crippen LogP contribution in [0.25, 0.3) is 0 Å². The molecule has 0 radical (unpaired) electrons. The molecule has 0 aromatic heterocycles. The summed E-state index contributed by atoms with van der Waals surface area (Å²) in [7, 11) is 0. The van der Waals surface area contributed by atoms with Gasteiger partial charge in [-0.2, -0.15) is 0 Å². The summed E-state index contributed by atoms with van der Waals surface area (Å²) in [6, 6.07) is 5.01. The first-order chi connectivity index (χ1) is 9.35. The van der Waals surface area contributed by atoms with Crippen LogP contribution < -0.4 is 10.1 Å². The van der Waals surface area contributed by atoms with Crippen LogP contribution in [0.4, 0.5) is 4.39 Å². The molecule has 0 spiro atoms. The van der Waals surface area contributed by atoms with Gasteiger partial charge in [-0.3, -0.25) is 0 Å². The van der Waals surface area contributed by atoms with E-state index in [2.05, 4.69) is 33.0 Å². The molecule has 0 amide bonds. The number of hydrogen-bond donors (Lipinski definition) is 1. The second kappa shape index (κ2) is 7.63. The number of hydrogen-bond acceptors (Lipinski definition) is 2. The van der Waals surface area contributed by atoms with Gasteiger partial charge in [-0.1, -0.05) is 33.8 Å². The minimum Gasteiger partial charge on any atom is -0.493 e. The maximum Gasteiger partial charge on any atom is 0.131 e. The Balaban J connectivity index is 2.77. The topological polar surface area (TPSA) is 21.3 Å². The van der Waals surface area contributed by atoms with E-state index in [4.69, 9.17) is 4.74 Å². The predicted molar refractivity (Wildman–Crippen MR) is 82.7 cm³/mol. The van der Waals surface area contributed by atoms with Gasteiger partial charge in [0.05, 0.1) is 6.61 Å². The largest absolute Gasteiger partial charge is 0.493 e. The highest BCUT2D eigenvalue weighted by molar-refractivity contribution is 5.37. The Hall–Kier alpha value is -1.09. The first-order valence-corrected chi connectivity index (χ1v) is 7.49. The van der Waals surface area contributed by atoms with Gasteiger partial charge in [0.25, 0.3) is 0 Å². The van der Waals surface area contributed by atoms with Crippen LogP contribution in [0, 0.1) is 11.2 Å². The van der Waals surface area contributed by atoms with Crippen molar-refractivity contribution in [3.8, 4) is 5.75 Å². The maximum atomic E-state index is 14.1. The van der Waals surface area contributed by atoms with E-state index >= 15 is 0 Å². The summed E-state index contributed by atoms with van der Waals surface area (Å²) in [5, 5.41) is 3.32. The van der Waals surface area contributed by atoms with Crippen LogP contribution in [-0.2, 0) is 0 Å². The molecule has 0 aliphatic carbocycles. The van der Waals surface area contributed by atoms with Crippen LogP contribution in [0.2, 0.25) is 0 Å². The molecule has 0 fully saturated rings. The third kappa shape index (κ3) is 5.49. The summed E-state index contributed by atoms with van der Waals surface area (Å²) in [4.78, 5) is 0. The Morgan fingerprint density at radius 3 is 2.60 bits per heavy atom. The Morgan fingerprint density at radius 1 is 1.30 bits per heavy atom. The zero-order chi connectivity index (χ0) is 15.2. The van der Waals surface area contributed by atoms with E-state index in [1.54, 1.807) is 6.07 Å². The Labute approximate surface area is 122 Å². The molecule has 20 heavy (non-hydrogen) atoms. The molecule has 1 aromatic carbocycles. The van der Waals surface area contributed by atoms with Crippen LogP contribution in [0.3, 0.4) is 0 Å². The molecular weight excluding hydrogens is 253 g/mol. The third-order valence-electron chi connectivity index (χ3n) is 3.26. The van der Waals surface area contributed by atoms with Crippen molar-refractivity contribution in [2.45, 2.75) is 53.5 Å². The minimum atomic E-state index is -0.200. The first kappa shape index (κ1) is 17.0. The van der Waals surface area contributed by atoms with Gasteiger partial charge in [-0.25, -0.2) is 4.39 Å². The van der Waals surface area contributed by atoms with Gasteiger partial charge in [0.1, 0.15) is 11.6 Å². The molecule has 0 saturated heterocycles. The Kier molecular flexibility index (Phi) is 6.47. The lowest BCUT2D eigenvalue weighted by molar-refractivity contribution is 0.239. The van der Waals surface area contributed by atoms with E-state index in [1.807, 2.05) is 13.0 Å². The van der Waals surface area contributed by atoms with Gasteiger partial charge in [-0.05, 0) is 43.9 Å². The Morgan fingerprint density at radius 2 is 2.00 bits per heavy atom. The van der Waals surface area contributed by atoms with E-state index in [-0.39, 0.29) is 17.3 Å². The molecule has 1 unspecified atom stereocenters. The van der Waals surface area contributed by atoms with Crippen molar-refractivity contribution in [3.63, 3.8) is 0 Å². The summed E-state index contributed by atoms with van der Waals surface area (Å²) in [5.74, 6) is 0.458. The zero-order valence-electron chi connectivity index (χ0n) is 13.4. The smallest absolute Gasteiger partial charge is 0.131 e. The van der Waals surface area contributed by atoms with Crippen molar-refractivity contribution >= 4 is 0 Å². The summed E-state index contributed by atoms with van der Waals surface area (Å²) < 4.78 is 19.9. The molecule has 0 bridgehead atoms. The highest BCUT2D eigenvalue weighted by Gasteiger charge is 2.17. The van der Waals surface area contributed by atoms with Crippen LogP contribution in [0.1, 0.15) is 59.1 Å². The van der Waals surface area contributed by atoms with Gasteiger partial charge in [0, 0.05) is 11.6 Å². The lowest BCUT2D eigenvalue weighted by Crippen LogP contribution is -2.21. The maximum absolute atomic E-state index is 14.1. The molecular formula is C17H28FNO. The van der Waals surface area contributed by atoms with Gasteiger partial charge >= 0.3 is 0 Å². The fourth-order valence-corrected chi connectivity index (χ4v) is 1.99. The molecule has 0 aliphatic heterocycles. The minimum absolute atomic E-state index is 0.0409. The number of benzene rings is 1. The highest BCUT2D eigenvalue weighted by Crippen LogP contribution is 2.29. The van der Waals surface area contributed by atoms with E-state index in [0.29, 0.717) is 17.9 Å². The summed E-state index contributed by atoms with van der Waals surface area (Å²) in [6.07, 6.45) is 1.97. The lowest BCUT2D eigenvalue weighted by Gasteiger charge is -2.21. The molecule has 3 heteroatoms. The van der Waals surface area contributed by atoms with Crippen LogP contribution in [-0.4, -0.2) is 13.2 Å². The molecule has 0 saturated carbocycles. The van der Waals surface area contributed by atoms with E-state index in [0.717, 1.165) is 19.4 Å². The molecule has 1 rings (SSSR count). The summed E-state index contributed by atoms with van der Waals surface area (Å²) in [6.45, 7) is 12.1. The van der Waals surface area contributed by atoms with E-state index in [1.165, 1.54) is 6.07 Å². The third-order valence-corrected chi connectivity index (χ3v) is 3.26. The zero-order valence-corrected chi connectivity index (χ0v) is 13.4. The van der Waals surface area contributed by atoms with Crippen LogP contribution >= 0.6 is 0 Å². The van der Waals surface area contributed by atoms with E-state index < -0.39 is 0 Å². The molecule has 2 nitrogen and oxygen atoms in total. The standard InChI is InChI=1S/C17H28FNO/c1-6-11-19-13(2)16-14(18)8-7-9-15(16)20-12-10-17(3,4)5/h7-9,13,19H,6,10-12H2,1-5H3. The first-order valence-electron chi connectivity index (χ1n) is 7.49. The molecule has 1 aromatic rings. The van der Waals surface area contributed by atoms with Crippen molar-refractivity contribution in [1.82, 2.24) is 5.32 Å². The van der Waals surface area contributed by atoms with Crippen molar-refractivity contribution in [2.24, 2.45) is 5.41 Å². The van der Waals surface area contributed by atoms with Gasteiger partial charge in [0.2, 0.25) is 0 Å². The van der Waals surface area contributed by atoms with Gasteiger partial charge in [-0.15, -0.1) is 0 Å². The predicted octanol–water partition coefficient (Wildman–Crippen LogP) is 4.70. The monoisotopic (exact) mass is 281 g/mol. The molecule has 0 heterocycles. The normalized spacial score (nSPS) is 13.3. The molecule has 1 atom stereocenters. The fraction of sp³-hybridized carbons (Fsp3) is 0.647. The van der Waals surface area contributed by atoms with Crippen LogP contribution in [0.5, 0.6) is 5.75 Å². The molecule has 0 aliphatic rings.